The molecule has 1 aromatic carbocycles. The first kappa shape index (κ1) is 13.2. The van der Waals surface area contributed by atoms with Crippen LogP contribution in [0.25, 0.3) is 0 Å². The molecule has 0 atom stereocenters. The number of nitrogens with one attached hydrogen (secondary N) is 1. The maximum Gasteiger partial charge on any atom is 0.234 e. The Morgan fingerprint density at radius 1 is 1.21 bits per heavy atom. The molecule has 0 unspecified atom stereocenters. The monoisotopic (exact) mass is 265 g/mol. The van der Waals surface area contributed by atoms with Crippen LogP contribution in [0, 0.1) is 11.6 Å². The number of benzene rings is 1. The smallest absolute Gasteiger partial charge is 0.234 e. The first-order valence-electron chi connectivity index (χ1n) is 5.82. The average Bonchev–Trinajstić information content (AvgIpc) is 2.39. The van der Waals surface area contributed by atoms with E-state index in [0.717, 1.165) is 0 Å². The highest BCUT2D eigenvalue weighted by Gasteiger charge is 2.08. The van der Waals surface area contributed by atoms with Crippen LogP contribution in [0.1, 0.15) is 12.5 Å². The van der Waals surface area contributed by atoms with Crippen LogP contribution in [0.5, 0.6) is 5.88 Å². The van der Waals surface area contributed by atoms with E-state index < -0.39 is 11.6 Å². The van der Waals surface area contributed by atoms with E-state index in [4.69, 9.17) is 4.74 Å². The van der Waals surface area contributed by atoms with Crippen molar-refractivity contribution in [3.05, 3.63) is 47.8 Å². The zero-order valence-electron chi connectivity index (χ0n) is 10.4. The Bertz CT molecular complexity index is 543. The molecule has 0 aliphatic carbocycles. The SMILES string of the molecule is CCOc1cncc(NCc2c(F)cccc2F)n1. The van der Waals surface area contributed by atoms with E-state index in [1.165, 1.54) is 30.6 Å². The molecule has 1 aromatic heterocycles. The quantitative estimate of drug-likeness (QED) is 0.903. The van der Waals surface area contributed by atoms with Crippen LogP contribution in [0.15, 0.2) is 30.6 Å². The molecule has 1 N–H and O–H groups in total. The van der Waals surface area contributed by atoms with Gasteiger partial charge in [0.2, 0.25) is 5.88 Å². The second kappa shape index (κ2) is 6.08. The van der Waals surface area contributed by atoms with Crippen molar-refractivity contribution in [2.24, 2.45) is 0 Å². The standard InChI is InChI=1S/C13H13F2N3O/c1-2-19-13-8-16-7-12(18-13)17-6-9-10(14)4-3-5-11(9)15/h3-5,7-8H,2,6H2,1H3,(H,17,18). The highest BCUT2D eigenvalue weighted by atomic mass is 19.1. The number of nitrogens with zero attached hydrogens (tertiary/aromatic N) is 2. The fourth-order valence-corrected chi connectivity index (χ4v) is 1.53. The minimum absolute atomic E-state index is 0.0111. The Kier molecular flexibility index (Phi) is 4.22. The maximum atomic E-state index is 13.4. The minimum Gasteiger partial charge on any atom is -0.477 e. The number of hydrogen-bond donors (Lipinski definition) is 1. The van der Waals surface area contributed by atoms with Gasteiger partial charge in [0, 0.05) is 12.1 Å². The lowest BCUT2D eigenvalue weighted by Crippen LogP contribution is -2.07. The van der Waals surface area contributed by atoms with E-state index in [1.807, 2.05) is 6.92 Å². The topological polar surface area (TPSA) is 47.0 Å². The van der Waals surface area contributed by atoms with Crippen LogP contribution in [0.3, 0.4) is 0 Å². The van der Waals surface area contributed by atoms with Crippen LogP contribution in [0.4, 0.5) is 14.6 Å². The van der Waals surface area contributed by atoms with E-state index in [1.54, 1.807) is 0 Å². The predicted octanol–water partition coefficient (Wildman–Crippen LogP) is 2.77. The molecule has 0 radical (unpaired) electrons. The van der Waals surface area contributed by atoms with Gasteiger partial charge in [-0.15, -0.1) is 0 Å². The Labute approximate surface area is 109 Å². The summed E-state index contributed by atoms with van der Waals surface area (Å²) in [6.07, 6.45) is 2.93. The predicted molar refractivity (Wildman–Crippen MR) is 66.9 cm³/mol. The lowest BCUT2D eigenvalue weighted by Gasteiger charge is -2.08. The highest BCUT2D eigenvalue weighted by molar-refractivity contribution is 5.35. The molecule has 0 amide bonds. The minimum atomic E-state index is -0.596. The molecule has 0 bridgehead atoms. The van der Waals surface area contributed by atoms with Crippen molar-refractivity contribution in [3.63, 3.8) is 0 Å². The summed E-state index contributed by atoms with van der Waals surface area (Å²) in [5.41, 5.74) is -0.0360. The largest absolute Gasteiger partial charge is 0.477 e. The van der Waals surface area contributed by atoms with Crippen LogP contribution in [-0.2, 0) is 6.54 Å². The summed E-state index contributed by atoms with van der Waals surface area (Å²) in [5, 5.41) is 2.81. The zero-order chi connectivity index (χ0) is 13.7. The number of aromatic nitrogens is 2. The van der Waals surface area contributed by atoms with Crippen LogP contribution in [-0.4, -0.2) is 16.6 Å². The number of rotatable bonds is 5. The summed E-state index contributed by atoms with van der Waals surface area (Å²) in [6.45, 7) is 2.29. The van der Waals surface area contributed by atoms with Crippen molar-refractivity contribution in [2.75, 3.05) is 11.9 Å². The lowest BCUT2D eigenvalue weighted by molar-refractivity contribution is 0.325. The third-order valence-electron chi connectivity index (χ3n) is 2.41. The Morgan fingerprint density at radius 2 is 1.95 bits per heavy atom. The molecule has 2 rings (SSSR count). The fraction of sp³-hybridized carbons (Fsp3) is 0.231. The van der Waals surface area contributed by atoms with Crippen LogP contribution < -0.4 is 10.1 Å². The molecule has 0 fully saturated rings. The van der Waals surface area contributed by atoms with Gasteiger partial charge in [-0.05, 0) is 19.1 Å². The van der Waals surface area contributed by atoms with Gasteiger partial charge in [0.25, 0.3) is 0 Å². The van der Waals surface area contributed by atoms with Crippen molar-refractivity contribution in [2.45, 2.75) is 13.5 Å². The average molecular weight is 265 g/mol. The summed E-state index contributed by atoms with van der Waals surface area (Å²) in [5.74, 6) is -0.432. The van der Waals surface area contributed by atoms with Crippen molar-refractivity contribution in [3.8, 4) is 5.88 Å². The Hall–Kier alpha value is -2.24. The molecule has 0 aliphatic heterocycles. The van der Waals surface area contributed by atoms with E-state index in [9.17, 15) is 8.78 Å². The molecule has 2 aromatic rings. The molecule has 6 heteroatoms. The normalized spacial score (nSPS) is 10.3. The molecule has 4 nitrogen and oxygen atoms in total. The third kappa shape index (κ3) is 3.37. The summed E-state index contributed by atoms with van der Waals surface area (Å²) >= 11 is 0. The number of ether oxygens (including phenoxy) is 1. The molecular weight excluding hydrogens is 252 g/mol. The van der Waals surface area contributed by atoms with Crippen LogP contribution in [0.2, 0.25) is 0 Å². The molecule has 0 saturated carbocycles. The molecule has 19 heavy (non-hydrogen) atoms. The maximum absolute atomic E-state index is 13.4. The Morgan fingerprint density at radius 3 is 2.63 bits per heavy atom. The molecule has 100 valence electrons. The van der Waals surface area contributed by atoms with Gasteiger partial charge < -0.3 is 10.1 Å². The van der Waals surface area contributed by atoms with Gasteiger partial charge in [0.1, 0.15) is 17.5 Å². The van der Waals surface area contributed by atoms with Crippen molar-refractivity contribution in [1.82, 2.24) is 9.97 Å². The summed E-state index contributed by atoms with van der Waals surface area (Å²) < 4.78 is 32.0. The van der Waals surface area contributed by atoms with E-state index in [0.29, 0.717) is 18.3 Å². The van der Waals surface area contributed by atoms with E-state index >= 15 is 0 Å². The van der Waals surface area contributed by atoms with Gasteiger partial charge in [-0.25, -0.2) is 8.78 Å². The first-order chi connectivity index (χ1) is 9.20. The van der Waals surface area contributed by atoms with Gasteiger partial charge in [-0.2, -0.15) is 4.98 Å². The third-order valence-corrected chi connectivity index (χ3v) is 2.41. The van der Waals surface area contributed by atoms with Crippen molar-refractivity contribution < 1.29 is 13.5 Å². The van der Waals surface area contributed by atoms with Gasteiger partial charge in [0.15, 0.2) is 0 Å². The van der Waals surface area contributed by atoms with Gasteiger partial charge in [-0.3, -0.25) is 4.98 Å². The van der Waals surface area contributed by atoms with Crippen LogP contribution >= 0.6 is 0 Å². The van der Waals surface area contributed by atoms with Crippen molar-refractivity contribution in [1.29, 1.82) is 0 Å². The molecule has 0 spiro atoms. The number of halogens is 2. The number of hydrogen-bond acceptors (Lipinski definition) is 4. The second-order valence-electron chi connectivity index (χ2n) is 3.73. The summed E-state index contributed by atoms with van der Waals surface area (Å²) in [4.78, 5) is 8.02. The van der Waals surface area contributed by atoms with Gasteiger partial charge in [-0.1, -0.05) is 6.07 Å². The van der Waals surface area contributed by atoms with E-state index in [2.05, 4.69) is 15.3 Å². The second-order valence-corrected chi connectivity index (χ2v) is 3.73. The molecule has 0 saturated heterocycles. The molecule has 1 heterocycles. The fourth-order valence-electron chi connectivity index (χ4n) is 1.53. The van der Waals surface area contributed by atoms with Crippen molar-refractivity contribution >= 4 is 5.82 Å². The number of anilines is 1. The zero-order valence-corrected chi connectivity index (χ0v) is 10.4. The summed E-state index contributed by atoms with van der Waals surface area (Å²) in [6, 6.07) is 3.74. The van der Waals surface area contributed by atoms with Gasteiger partial charge in [0.05, 0.1) is 19.0 Å². The lowest BCUT2D eigenvalue weighted by atomic mass is 10.2. The molecular formula is C13H13F2N3O. The summed E-state index contributed by atoms with van der Waals surface area (Å²) in [7, 11) is 0. The first-order valence-corrected chi connectivity index (χ1v) is 5.82. The van der Waals surface area contributed by atoms with Gasteiger partial charge >= 0.3 is 0 Å². The van der Waals surface area contributed by atoms with E-state index in [-0.39, 0.29) is 12.1 Å². The molecule has 0 aliphatic rings. The highest BCUT2D eigenvalue weighted by Crippen LogP contribution is 2.15. The Balaban J connectivity index is 2.08.